The van der Waals surface area contributed by atoms with Crippen molar-refractivity contribution in [2.75, 3.05) is 98.8 Å². The molecule has 28 nitrogen and oxygen atoms in total. The van der Waals surface area contributed by atoms with Crippen molar-refractivity contribution < 1.29 is 105 Å². The van der Waals surface area contributed by atoms with Crippen LogP contribution in [0.25, 0.3) is 0 Å². The normalized spacial score (nSPS) is 11.2. The van der Waals surface area contributed by atoms with Gasteiger partial charge in [0.05, 0.1) is 12.6 Å². The van der Waals surface area contributed by atoms with E-state index in [0.717, 1.165) is 73.7 Å². The molecular weight excluding hydrogens is 1350 g/mol. The Morgan fingerprint density at radius 1 is 0.327 bits per heavy atom. The van der Waals surface area contributed by atoms with Crippen LogP contribution in [0.5, 0.6) is 0 Å². The molecule has 0 amide bonds. The van der Waals surface area contributed by atoms with E-state index in [9.17, 15) is 52.7 Å². The van der Waals surface area contributed by atoms with Crippen molar-refractivity contribution in [2.24, 2.45) is 0 Å². The molecule has 0 aliphatic heterocycles. The second kappa shape index (κ2) is 58.5. The van der Waals surface area contributed by atoms with Gasteiger partial charge in [0.1, 0.15) is 71.1 Å². The first-order valence-corrected chi connectivity index (χ1v) is 33.2. The molecule has 0 heterocycles. The summed E-state index contributed by atoms with van der Waals surface area (Å²) in [4.78, 5) is 123. The Hall–Kier alpha value is -8.93. The zero-order chi connectivity index (χ0) is 82.0. The molecule has 592 valence electrons. The predicted molar refractivity (Wildman–Crippen MR) is 403 cm³/mol. The van der Waals surface area contributed by atoms with Crippen molar-refractivity contribution in [3.8, 4) is 0 Å². The molecule has 0 rings (SSSR count). The fourth-order valence-corrected chi connectivity index (χ4v) is 6.88. The lowest BCUT2D eigenvalue weighted by molar-refractivity contribution is -0.152. The fraction of sp³-hybridized carbons (Fsp3) is 0.566. The molecule has 0 aliphatic carbocycles. The monoisotopic (exact) mass is 1470 g/mol. The minimum atomic E-state index is -1.14. The average molecular weight is 1480 g/mol. The van der Waals surface area contributed by atoms with Gasteiger partial charge in [0, 0.05) is 126 Å². The Bertz CT molecular complexity index is 2610. The number of rotatable bonds is 41. The van der Waals surface area contributed by atoms with E-state index in [-0.39, 0.29) is 98.5 Å². The van der Waals surface area contributed by atoms with Crippen molar-refractivity contribution in [1.82, 2.24) is 31.5 Å². The molecule has 0 bridgehead atoms. The number of carbonyl (C=O) groups excluding carboxylic acids is 11. The predicted octanol–water partition coefficient (Wildman–Crippen LogP) is 7.85. The molecule has 1 unspecified atom stereocenters. The average Bonchev–Trinajstić information content (AvgIpc) is 0.832. The maximum Gasteiger partial charge on any atom is 0.330 e. The van der Waals surface area contributed by atoms with Crippen LogP contribution in [0, 0.1) is 0 Å². The lowest BCUT2D eigenvalue weighted by Crippen LogP contribution is -2.62. The molecule has 0 radical (unpaired) electrons. The summed E-state index contributed by atoms with van der Waals surface area (Å²) in [5.41, 5.74) is -1.83. The highest BCUT2D eigenvalue weighted by Crippen LogP contribution is 2.17. The number of nitrogens with one attached hydrogen (secondary N) is 5. The van der Waals surface area contributed by atoms with Crippen LogP contribution in [0.3, 0.4) is 0 Å². The second-order valence-electron chi connectivity index (χ2n) is 27.9. The SMILES string of the molecule is C=CC(=O)OCC(CNC(C)(C)C)OC(=O)C=C.C=CC(=O)OCC(COC(=O)C=C)(COC(=O)C=C)NC(C)(C)C.C=CC(=O)OCC(COC(=O)C=C)NC(C)(C)C.C=CC(=O)OCCCNC(C)(C)C.C=CC(=O)OCCN(CCOC(=O)C=C)C(C)(C)C.C=CC(=O)OCCNC(C)(C)C. The molecule has 28 heteroatoms. The molecule has 1 atom stereocenters. The third-order valence-corrected chi connectivity index (χ3v) is 11.4. The van der Waals surface area contributed by atoms with Gasteiger partial charge < -0.3 is 73.4 Å². The zero-order valence-electron chi connectivity index (χ0n) is 65.5. The van der Waals surface area contributed by atoms with E-state index in [1.165, 1.54) is 6.08 Å². The second-order valence-corrected chi connectivity index (χ2v) is 27.9. The first-order chi connectivity index (χ1) is 47.8. The van der Waals surface area contributed by atoms with Crippen molar-refractivity contribution in [3.05, 3.63) is 139 Å². The maximum absolute atomic E-state index is 11.4. The number of carbonyl (C=O) groups is 11. The minimum Gasteiger partial charge on any atom is -0.462 e. The Morgan fingerprint density at radius 2 is 0.615 bits per heavy atom. The summed E-state index contributed by atoms with van der Waals surface area (Å²) < 4.78 is 54.5. The van der Waals surface area contributed by atoms with Crippen LogP contribution in [-0.2, 0) is 105 Å². The van der Waals surface area contributed by atoms with E-state index in [1.807, 2.05) is 83.1 Å². The van der Waals surface area contributed by atoms with E-state index in [0.29, 0.717) is 39.4 Å². The van der Waals surface area contributed by atoms with Crippen molar-refractivity contribution >= 4 is 65.7 Å². The maximum atomic E-state index is 11.4. The summed E-state index contributed by atoms with van der Waals surface area (Å²) in [6.07, 6.45) is 12.2. The summed E-state index contributed by atoms with van der Waals surface area (Å²) in [6, 6.07) is -0.280. The van der Waals surface area contributed by atoms with Crippen LogP contribution >= 0.6 is 0 Å². The Morgan fingerprint density at radius 3 is 0.913 bits per heavy atom. The summed E-state index contributed by atoms with van der Waals surface area (Å²) in [5.74, 6) is -5.67. The van der Waals surface area contributed by atoms with Gasteiger partial charge in [0.2, 0.25) is 0 Å². The third-order valence-electron chi connectivity index (χ3n) is 11.4. The van der Waals surface area contributed by atoms with Crippen LogP contribution < -0.4 is 26.6 Å². The summed E-state index contributed by atoms with van der Waals surface area (Å²) in [5, 5.41) is 16.0. The van der Waals surface area contributed by atoms with Gasteiger partial charge in [0.25, 0.3) is 0 Å². The fourth-order valence-electron chi connectivity index (χ4n) is 6.88. The molecule has 5 N–H and O–H groups in total. The minimum absolute atomic E-state index is 0.0203. The molecule has 0 saturated heterocycles. The van der Waals surface area contributed by atoms with Gasteiger partial charge in [-0.05, 0) is 138 Å². The van der Waals surface area contributed by atoms with Gasteiger partial charge in [-0.15, -0.1) is 0 Å². The van der Waals surface area contributed by atoms with Crippen molar-refractivity contribution in [3.63, 3.8) is 0 Å². The molecule has 0 spiro atoms. The van der Waals surface area contributed by atoms with E-state index in [4.69, 9.17) is 52.1 Å². The van der Waals surface area contributed by atoms with Crippen LogP contribution in [-0.4, -0.2) is 220 Å². The topological polar surface area (TPSA) is 353 Å². The number of hydrogen-bond acceptors (Lipinski definition) is 28. The molecule has 0 saturated carbocycles. The van der Waals surface area contributed by atoms with Crippen LogP contribution in [0.1, 0.15) is 131 Å². The molecule has 0 aromatic heterocycles. The van der Waals surface area contributed by atoms with Gasteiger partial charge in [0.15, 0.2) is 0 Å². The number of ether oxygens (including phenoxy) is 11. The van der Waals surface area contributed by atoms with Crippen LogP contribution in [0.4, 0.5) is 0 Å². The molecule has 0 aromatic rings. The van der Waals surface area contributed by atoms with Gasteiger partial charge in [-0.1, -0.05) is 72.4 Å². The highest BCUT2D eigenvalue weighted by Gasteiger charge is 2.39. The molecule has 0 aromatic carbocycles. The number of hydrogen-bond donors (Lipinski definition) is 5. The smallest absolute Gasteiger partial charge is 0.330 e. The standard InChI is InChI=1S/C17H25NO6.C14H23NO4.2C13H21NO4.C10H19NO2.C9H17NO2/c1-7-13(19)22-10-17(18-16(4,5)6,11-23-14(20)8-2)12-24-15(21)9-3;1-6-12(16)18-10-8-15(14(3,4)5)9-11-19-13(17)7-2;1-6-11(15)17-8-10(14-13(3,4)5)9-18-12(16)7-2;1-6-11(15)17-9-10(18-12(16)7-2)8-14-13(3,4)5;1-5-9(12)13-8-6-7-11-10(2,3)4;1-5-8(11)12-7-6-10-9(2,3)4/h7-9,18H,1-3,10-12H2,4-6H3;6-7H,1-2,8-11H2,3-5H3;2*6-7,10,14H,1-2,8-9H2,3-5H3;5,11H,1,6-8H2,2-4H3;5,10H,1,6-7H2,2-4H3. The van der Waals surface area contributed by atoms with Gasteiger partial charge >= 0.3 is 65.7 Å². The molecule has 104 heavy (non-hydrogen) atoms. The van der Waals surface area contributed by atoms with Gasteiger partial charge in [-0.25, -0.2) is 52.7 Å². The van der Waals surface area contributed by atoms with E-state index in [1.54, 1.807) is 0 Å². The third kappa shape index (κ3) is 75.7. The van der Waals surface area contributed by atoms with Crippen LogP contribution in [0.2, 0.25) is 0 Å². The largest absolute Gasteiger partial charge is 0.462 e. The molecule has 0 fully saturated rings. The summed E-state index contributed by atoms with van der Waals surface area (Å²) in [6.45, 7) is 76.5. The number of esters is 11. The Balaban J connectivity index is -0.000000281. The van der Waals surface area contributed by atoms with Crippen LogP contribution in [0.15, 0.2) is 139 Å². The molecular formula is C76H126N6O22. The lowest BCUT2D eigenvalue weighted by atomic mass is 9.97. The Kier molecular flexibility index (Phi) is 59.6. The highest BCUT2D eigenvalue weighted by molar-refractivity contribution is 5.85. The molecule has 0 aliphatic rings. The van der Waals surface area contributed by atoms with E-state index >= 15 is 0 Å². The quantitative estimate of drug-likeness (QED) is 0.0168. The first-order valence-electron chi connectivity index (χ1n) is 33.2. The van der Waals surface area contributed by atoms with E-state index < -0.39 is 70.9 Å². The van der Waals surface area contributed by atoms with Crippen molar-refractivity contribution in [1.29, 1.82) is 0 Å². The summed E-state index contributed by atoms with van der Waals surface area (Å²) >= 11 is 0. The highest BCUT2D eigenvalue weighted by atomic mass is 16.6. The zero-order valence-corrected chi connectivity index (χ0v) is 65.5. The summed E-state index contributed by atoms with van der Waals surface area (Å²) in [7, 11) is 0. The first kappa shape index (κ1) is 106. The van der Waals surface area contributed by atoms with Crippen molar-refractivity contribution in [2.45, 2.75) is 182 Å². The van der Waals surface area contributed by atoms with E-state index in [2.05, 4.69) is 145 Å². The van der Waals surface area contributed by atoms with Gasteiger partial charge in [-0.3, -0.25) is 10.2 Å². The van der Waals surface area contributed by atoms with Gasteiger partial charge in [-0.2, -0.15) is 0 Å². The number of nitrogens with zero attached hydrogens (tertiary/aromatic N) is 1. The Labute approximate surface area is 619 Å². The lowest BCUT2D eigenvalue weighted by Gasteiger charge is -2.38.